The minimum absolute atomic E-state index is 0.116. The van der Waals surface area contributed by atoms with E-state index in [0.29, 0.717) is 11.4 Å². The van der Waals surface area contributed by atoms with E-state index in [1.54, 1.807) is 0 Å². The average Bonchev–Trinajstić information content (AvgIpc) is 2.50. The van der Waals surface area contributed by atoms with Crippen LogP contribution in [0, 0.1) is 11.6 Å². The molecule has 0 aliphatic heterocycles. The number of rotatable bonds is 4. The molecule has 0 aliphatic rings. The molecule has 0 saturated heterocycles. The zero-order valence-electron chi connectivity index (χ0n) is 12.4. The van der Waals surface area contributed by atoms with Gasteiger partial charge in [-0.2, -0.15) is 0 Å². The van der Waals surface area contributed by atoms with Gasteiger partial charge in [0.05, 0.1) is 12.8 Å². The van der Waals surface area contributed by atoms with Crippen LogP contribution in [0.5, 0.6) is 5.75 Å². The van der Waals surface area contributed by atoms with Crippen LogP contribution in [0.2, 0.25) is 0 Å². The Hall–Kier alpha value is -2.96. The molecule has 120 valence electrons. The molecule has 0 heterocycles. The Morgan fingerprint density at radius 3 is 2.35 bits per heavy atom. The van der Waals surface area contributed by atoms with E-state index >= 15 is 0 Å². The molecule has 2 rings (SSSR count). The summed E-state index contributed by atoms with van der Waals surface area (Å²) in [6, 6.07) is 7.47. The summed E-state index contributed by atoms with van der Waals surface area (Å²) in [7, 11) is 1.43. The van der Waals surface area contributed by atoms with Crippen LogP contribution in [0.4, 0.5) is 20.2 Å². The quantitative estimate of drug-likeness (QED) is 0.909. The molecule has 0 aromatic heterocycles. The highest BCUT2D eigenvalue weighted by atomic mass is 19.2. The number of carbonyl (C=O) groups excluding carboxylic acids is 2. The number of halogens is 2. The Morgan fingerprint density at radius 2 is 1.74 bits per heavy atom. The molecule has 0 unspecified atom stereocenters. The number of hydrogen-bond donors (Lipinski definition) is 2. The highest BCUT2D eigenvalue weighted by molar-refractivity contribution is 6.05. The van der Waals surface area contributed by atoms with Crippen LogP contribution < -0.4 is 15.4 Å². The van der Waals surface area contributed by atoms with Crippen molar-refractivity contribution in [3.8, 4) is 5.75 Å². The Balaban J connectivity index is 2.24. The van der Waals surface area contributed by atoms with Gasteiger partial charge in [-0.25, -0.2) is 8.78 Å². The molecule has 0 atom stereocenters. The van der Waals surface area contributed by atoms with E-state index < -0.39 is 17.5 Å². The standard InChI is InChI=1S/C16H14F2N2O3/c1-9(21)19-14-7-10(3-6-15(14)23-2)16(22)20-11-4-5-12(17)13(18)8-11/h3-8H,1-2H3,(H,19,21)(H,20,22). The molecule has 2 N–H and O–H groups in total. The second-order valence-corrected chi connectivity index (χ2v) is 4.68. The molecule has 0 spiro atoms. The summed E-state index contributed by atoms with van der Waals surface area (Å²) in [6.45, 7) is 1.33. The molecule has 7 heteroatoms. The van der Waals surface area contributed by atoms with Gasteiger partial charge in [-0.3, -0.25) is 9.59 Å². The van der Waals surface area contributed by atoms with Crippen molar-refractivity contribution in [3.05, 3.63) is 53.6 Å². The van der Waals surface area contributed by atoms with Gasteiger partial charge in [-0.15, -0.1) is 0 Å². The molecule has 0 saturated carbocycles. The van der Waals surface area contributed by atoms with Crippen LogP contribution in [-0.2, 0) is 4.79 Å². The summed E-state index contributed by atoms with van der Waals surface area (Å²) in [5.74, 6) is -2.52. The fourth-order valence-corrected chi connectivity index (χ4v) is 1.91. The van der Waals surface area contributed by atoms with Crippen molar-refractivity contribution in [2.75, 3.05) is 17.7 Å². The maximum Gasteiger partial charge on any atom is 0.255 e. The van der Waals surface area contributed by atoms with Gasteiger partial charge in [0.2, 0.25) is 5.91 Å². The summed E-state index contributed by atoms with van der Waals surface area (Å²) in [5, 5.41) is 4.99. The van der Waals surface area contributed by atoms with Crippen molar-refractivity contribution in [1.29, 1.82) is 0 Å². The first-order chi connectivity index (χ1) is 10.9. The van der Waals surface area contributed by atoms with E-state index in [4.69, 9.17) is 4.74 Å². The second-order valence-electron chi connectivity index (χ2n) is 4.68. The molecular weight excluding hydrogens is 306 g/mol. The predicted octanol–water partition coefficient (Wildman–Crippen LogP) is 3.18. The Bertz CT molecular complexity index is 763. The first-order valence-electron chi connectivity index (χ1n) is 6.62. The van der Waals surface area contributed by atoms with Gasteiger partial charge in [-0.05, 0) is 30.3 Å². The second kappa shape index (κ2) is 6.87. The number of methoxy groups -OCH3 is 1. The molecule has 2 aromatic carbocycles. The smallest absolute Gasteiger partial charge is 0.255 e. The largest absolute Gasteiger partial charge is 0.495 e. The first-order valence-corrected chi connectivity index (χ1v) is 6.62. The summed E-state index contributed by atoms with van der Waals surface area (Å²) < 4.78 is 31.1. The zero-order chi connectivity index (χ0) is 17.0. The molecule has 2 aromatic rings. The first kappa shape index (κ1) is 16.4. The highest BCUT2D eigenvalue weighted by Crippen LogP contribution is 2.26. The molecular formula is C16H14F2N2O3. The van der Waals surface area contributed by atoms with Crippen LogP contribution in [0.15, 0.2) is 36.4 Å². The summed E-state index contributed by atoms with van der Waals surface area (Å²) in [5.41, 5.74) is 0.669. The van der Waals surface area contributed by atoms with Gasteiger partial charge >= 0.3 is 0 Å². The van der Waals surface area contributed by atoms with Crippen molar-refractivity contribution in [1.82, 2.24) is 0 Å². The zero-order valence-corrected chi connectivity index (χ0v) is 12.4. The SMILES string of the molecule is COc1ccc(C(=O)Nc2ccc(F)c(F)c2)cc1NC(C)=O. The van der Waals surface area contributed by atoms with Gasteiger partial charge in [0, 0.05) is 24.2 Å². The van der Waals surface area contributed by atoms with Gasteiger partial charge in [0.25, 0.3) is 5.91 Å². The number of hydrogen-bond acceptors (Lipinski definition) is 3. The number of anilines is 2. The summed E-state index contributed by atoms with van der Waals surface area (Å²) in [4.78, 5) is 23.3. The number of amides is 2. The van der Waals surface area contributed by atoms with E-state index in [0.717, 1.165) is 12.1 Å². The highest BCUT2D eigenvalue weighted by Gasteiger charge is 2.12. The van der Waals surface area contributed by atoms with Crippen LogP contribution >= 0.6 is 0 Å². The lowest BCUT2D eigenvalue weighted by molar-refractivity contribution is -0.114. The molecule has 5 nitrogen and oxygen atoms in total. The number of nitrogens with one attached hydrogen (secondary N) is 2. The van der Waals surface area contributed by atoms with Gasteiger partial charge in [0.1, 0.15) is 5.75 Å². The number of carbonyl (C=O) groups is 2. The van der Waals surface area contributed by atoms with E-state index in [1.807, 2.05) is 0 Å². The third kappa shape index (κ3) is 4.03. The summed E-state index contributed by atoms with van der Waals surface area (Å²) in [6.07, 6.45) is 0. The fourth-order valence-electron chi connectivity index (χ4n) is 1.91. The topological polar surface area (TPSA) is 67.4 Å². The van der Waals surface area contributed by atoms with Crippen LogP contribution in [-0.4, -0.2) is 18.9 Å². The Morgan fingerprint density at radius 1 is 1.00 bits per heavy atom. The molecule has 0 radical (unpaired) electrons. The van der Waals surface area contributed by atoms with E-state index in [-0.39, 0.29) is 17.2 Å². The molecule has 23 heavy (non-hydrogen) atoms. The molecule has 0 fully saturated rings. The van der Waals surface area contributed by atoms with Gasteiger partial charge < -0.3 is 15.4 Å². The lowest BCUT2D eigenvalue weighted by Gasteiger charge is -2.11. The molecule has 0 aliphatic carbocycles. The Labute approximate surface area is 131 Å². The maximum absolute atomic E-state index is 13.1. The number of benzene rings is 2. The summed E-state index contributed by atoms with van der Waals surface area (Å²) >= 11 is 0. The van der Waals surface area contributed by atoms with E-state index in [2.05, 4.69) is 10.6 Å². The van der Waals surface area contributed by atoms with E-state index in [9.17, 15) is 18.4 Å². The molecule has 2 amide bonds. The van der Waals surface area contributed by atoms with Crippen molar-refractivity contribution in [3.63, 3.8) is 0 Å². The van der Waals surface area contributed by atoms with Crippen molar-refractivity contribution in [2.24, 2.45) is 0 Å². The van der Waals surface area contributed by atoms with Crippen LogP contribution in [0.25, 0.3) is 0 Å². The normalized spacial score (nSPS) is 10.1. The minimum Gasteiger partial charge on any atom is -0.495 e. The Kier molecular flexibility index (Phi) is 4.90. The van der Waals surface area contributed by atoms with Crippen LogP contribution in [0.3, 0.4) is 0 Å². The van der Waals surface area contributed by atoms with Crippen molar-refractivity contribution < 1.29 is 23.1 Å². The third-order valence-corrected chi connectivity index (χ3v) is 2.95. The lowest BCUT2D eigenvalue weighted by Crippen LogP contribution is -2.14. The molecule has 0 bridgehead atoms. The number of ether oxygens (including phenoxy) is 1. The minimum atomic E-state index is -1.06. The van der Waals surface area contributed by atoms with E-state index in [1.165, 1.54) is 38.3 Å². The van der Waals surface area contributed by atoms with Gasteiger partial charge in [0.15, 0.2) is 11.6 Å². The third-order valence-electron chi connectivity index (χ3n) is 2.95. The monoisotopic (exact) mass is 320 g/mol. The van der Waals surface area contributed by atoms with Crippen molar-refractivity contribution >= 4 is 23.2 Å². The van der Waals surface area contributed by atoms with Crippen LogP contribution in [0.1, 0.15) is 17.3 Å². The average molecular weight is 320 g/mol. The van der Waals surface area contributed by atoms with Gasteiger partial charge in [-0.1, -0.05) is 0 Å². The fraction of sp³-hybridized carbons (Fsp3) is 0.125. The predicted molar refractivity (Wildman–Crippen MR) is 81.6 cm³/mol. The van der Waals surface area contributed by atoms with Crippen molar-refractivity contribution in [2.45, 2.75) is 6.92 Å². The lowest BCUT2D eigenvalue weighted by atomic mass is 10.1. The maximum atomic E-state index is 13.1.